The van der Waals surface area contributed by atoms with Crippen LogP contribution >= 0.6 is 11.8 Å². The standard InChI is InChI=1S/C19H19N5O3S/c1-25-11-9-24-16(12-14-6-3-2-4-7-14)20-23-19(24)28-13-17-21-22-18(27-17)15-8-5-10-26-15/h2-8,10H,9,11-13H2,1H3. The molecule has 8 nitrogen and oxygen atoms in total. The van der Waals surface area contributed by atoms with Crippen molar-refractivity contribution in [3.8, 4) is 11.7 Å². The Labute approximate surface area is 165 Å². The van der Waals surface area contributed by atoms with Crippen molar-refractivity contribution < 1.29 is 13.6 Å². The van der Waals surface area contributed by atoms with Gasteiger partial charge < -0.3 is 18.1 Å². The van der Waals surface area contributed by atoms with E-state index in [1.165, 1.54) is 17.3 Å². The molecule has 0 aliphatic rings. The number of hydrogen-bond donors (Lipinski definition) is 0. The number of ether oxygens (including phenoxy) is 1. The average Bonchev–Trinajstić information content (AvgIpc) is 3.47. The van der Waals surface area contributed by atoms with Crippen LogP contribution in [0.3, 0.4) is 0 Å². The molecule has 0 unspecified atom stereocenters. The molecule has 0 radical (unpaired) electrons. The summed E-state index contributed by atoms with van der Waals surface area (Å²) in [7, 11) is 1.68. The molecule has 1 aromatic carbocycles. The van der Waals surface area contributed by atoms with Crippen molar-refractivity contribution >= 4 is 11.8 Å². The number of methoxy groups -OCH3 is 1. The van der Waals surface area contributed by atoms with Crippen LogP contribution in [0.1, 0.15) is 17.3 Å². The van der Waals surface area contributed by atoms with Crippen LogP contribution < -0.4 is 0 Å². The van der Waals surface area contributed by atoms with Crippen molar-refractivity contribution in [2.24, 2.45) is 0 Å². The number of aromatic nitrogens is 5. The fourth-order valence-corrected chi connectivity index (χ4v) is 3.50. The van der Waals surface area contributed by atoms with E-state index < -0.39 is 0 Å². The van der Waals surface area contributed by atoms with Gasteiger partial charge in [0.2, 0.25) is 5.89 Å². The molecule has 0 aliphatic heterocycles. The molecule has 28 heavy (non-hydrogen) atoms. The van der Waals surface area contributed by atoms with Crippen LogP contribution in [0.4, 0.5) is 0 Å². The summed E-state index contributed by atoms with van der Waals surface area (Å²) in [6, 6.07) is 13.8. The highest BCUT2D eigenvalue weighted by Gasteiger charge is 2.16. The van der Waals surface area contributed by atoms with Crippen LogP contribution in [-0.4, -0.2) is 38.7 Å². The molecule has 4 rings (SSSR count). The van der Waals surface area contributed by atoms with Crippen LogP contribution in [0.5, 0.6) is 0 Å². The summed E-state index contributed by atoms with van der Waals surface area (Å²) in [5, 5.41) is 17.6. The molecular formula is C19H19N5O3S. The lowest BCUT2D eigenvalue weighted by Crippen LogP contribution is -2.10. The molecule has 3 aromatic heterocycles. The maximum Gasteiger partial charge on any atom is 0.283 e. The van der Waals surface area contributed by atoms with E-state index in [9.17, 15) is 0 Å². The first-order valence-electron chi connectivity index (χ1n) is 8.77. The second-order valence-corrected chi connectivity index (χ2v) is 6.92. The van der Waals surface area contributed by atoms with E-state index >= 15 is 0 Å². The number of benzene rings is 1. The topological polar surface area (TPSA) is 92.0 Å². The van der Waals surface area contributed by atoms with E-state index in [1.54, 1.807) is 25.5 Å². The molecule has 0 aliphatic carbocycles. The fourth-order valence-electron chi connectivity index (χ4n) is 2.68. The lowest BCUT2D eigenvalue weighted by Gasteiger charge is -2.09. The van der Waals surface area contributed by atoms with E-state index in [0.29, 0.717) is 42.9 Å². The van der Waals surface area contributed by atoms with Gasteiger partial charge in [0, 0.05) is 20.1 Å². The van der Waals surface area contributed by atoms with E-state index in [1.807, 2.05) is 18.2 Å². The second kappa shape index (κ2) is 8.85. The van der Waals surface area contributed by atoms with Gasteiger partial charge in [0.05, 0.1) is 18.6 Å². The summed E-state index contributed by atoms with van der Waals surface area (Å²) in [6.07, 6.45) is 2.28. The van der Waals surface area contributed by atoms with Gasteiger partial charge in [-0.2, -0.15) is 0 Å². The average molecular weight is 397 g/mol. The Kier molecular flexibility index (Phi) is 5.83. The van der Waals surface area contributed by atoms with Crippen molar-refractivity contribution in [2.45, 2.75) is 23.9 Å². The minimum atomic E-state index is 0.367. The third-order valence-corrected chi connectivity index (χ3v) is 4.99. The van der Waals surface area contributed by atoms with Gasteiger partial charge in [-0.1, -0.05) is 42.1 Å². The highest BCUT2D eigenvalue weighted by Crippen LogP contribution is 2.25. The Morgan fingerprint density at radius 3 is 2.71 bits per heavy atom. The molecule has 3 heterocycles. The third kappa shape index (κ3) is 4.32. The first-order chi connectivity index (χ1) is 13.8. The Hall–Kier alpha value is -2.91. The van der Waals surface area contributed by atoms with Gasteiger partial charge in [-0.3, -0.25) is 0 Å². The predicted molar refractivity (Wildman–Crippen MR) is 103 cm³/mol. The summed E-state index contributed by atoms with van der Waals surface area (Å²) in [5.41, 5.74) is 1.19. The van der Waals surface area contributed by atoms with Crippen LogP contribution in [0.15, 0.2) is 62.7 Å². The highest BCUT2D eigenvalue weighted by molar-refractivity contribution is 7.98. The minimum absolute atomic E-state index is 0.367. The quantitative estimate of drug-likeness (QED) is 0.397. The Balaban J connectivity index is 1.47. The summed E-state index contributed by atoms with van der Waals surface area (Å²) in [5.74, 6) is 2.81. The maximum atomic E-state index is 5.65. The van der Waals surface area contributed by atoms with E-state index in [2.05, 4.69) is 37.1 Å². The van der Waals surface area contributed by atoms with Gasteiger partial charge >= 0.3 is 0 Å². The van der Waals surface area contributed by atoms with Crippen molar-refractivity contribution in [2.75, 3.05) is 13.7 Å². The Morgan fingerprint density at radius 1 is 1.04 bits per heavy atom. The zero-order valence-electron chi connectivity index (χ0n) is 15.3. The summed E-state index contributed by atoms with van der Waals surface area (Å²) >= 11 is 1.50. The maximum absolute atomic E-state index is 5.65. The smallest absolute Gasteiger partial charge is 0.283 e. The number of nitrogens with zero attached hydrogens (tertiary/aromatic N) is 5. The molecular weight excluding hydrogens is 378 g/mol. The molecule has 0 saturated carbocycles. The number of hydrogen-bond acceptors (Lipinski definition) is 8. The van der Waals surface area contributed by atoms with E-state index in [0.717, 1.165) is 11.0 Å². The summed E-state index contributed by atoms with van der Waals surface area (Å²) in [4.78, 5) is 0. The van der Waals surface area contributed by atoms with Gasteiger partial charge in [-0.25, -0.2) is 0 Å². The van der Waals surface area contributed by atoms with Gasteiger partial charge in [-0.05, 0) is 17.7 Å². The molecule has 0 amide bonds. The highest BCUT2D eigenvalue weighted by atomic mass is 32.2. The lowest BCUT2D eigenvalue weighted by atomic mass is 10.1. The molecule has 0 fully saturated rings. The molecule has 0 atom stereocenters. The van der Waals surface area contributed by atoms with Gasteiger partial charge in [0.1, 0.15) is 5.82 Å². The third-order valence-electron chi connectivity index (χ3n) is 4.04. The van der Waals surface area contributed by atoms with Crippen LogP contribution in [0, 0.1) is 0 Å². The lowest BCUT2D eigenvalue weighted by molar-refractivity contribution is 0.184. The Bertz CT molecular complexity index is 998. The number of thioether (sulfide) groups is 1. The first kappa shape index (κ1) is 18.5. The molecule has 4 aromatic rings. The monoisotopic (exact) mass is 397 g/mol. The van der Waals surface area contributed by atoms with Crippen molar-refractivity contribution in [3.63, 3.8) is 0 Å². The Morgan fingerprint density at radius 2 is 1.93 bits per heavy atom. The zero-order chi connectivity index (χ0) is 19.2. The molecule has 0 saturated heterocycles. The van der Waals surface area contributed by atoms with Crippen LogP contribution in [-0.2, 0) is 23.5 Å². The van der Waals surface area contributed by atoms with E-state index in [-0.39, 0.29) is 0 Å². The van der Waals surface area contributed by atoms with Crippen molar-refractivity contribution in [1.82, 2.24) is 25.0 Å². The minimum Gasteiger partial charge on any atom is -0.459 e. The van der Waals surface area contributed by atoms with Crippen LogP contribution in [0.25, 0.3) is 11.7 Å². The largest absolute Gasteiger partial charge is 0.459 e. The number of furan rings is 1. The molecule has 0 spiro atoms. The van der Waals surface area contributed by atoms with Crippen molar-refractivity contribution in [1.29, 1.82) is 0 Å². The van der Waals surface area contributed by atoms with Gasteiger partial charge in [-0.15, -0.1) is 20.4 Å². The second-order valence-electron chi connectivity index (χ2n) is 5.97. The molecule has 144 valence electrons. The van der Waals surface area contributed by atoms with Crippen LogP contribution in [0.2, 0.25) is 0 Å². The van der Waals surface area contributed by atoms with E-state index in [4.69, 9.17) is 13.6 Å². The molecule has 0 bridgehead atoms. The summed E-state index contributed by atoms with van der Waals surface area (Å²) in [6.45, 7) is 1.26. The predicted octanol–water partition coefficient (Wildman–Crippen LogP) is 3.45. The van der Waals surface area contributed by atoms with Gasteiger partial charge in [0.15, 0.2) is 10.9 Å². The zero-order valence-corrected chi connectivity index (χ0v) is 16.1. The molecule has 9 heteroatoms. The van der Waals surface area contributed by atoms with Crippen molar-refractivity contribution in [3.05, 3.63) is 66.0 Å². The first-order valence-corrected chi connectivity index (χ1v) is 9.76. The van der Waals surface area contributed by atoms with Gasteiger partial charge in [0.25, 0.3) is 5.89 Å². The molecule has 0 N–H and O–H groups in total. The fraction of sp³-hybridized carbons (Fsp3) is 0.263. The SMILES string of the molecule is COCCn1c(Cc2ccccc2)nnc1SCc1nnc(-c2ccco2)o1. The summed E-state index contributed by atoms with van der Waals surface area (Å²) < 4.78 is 18.3. The normalized spacial score (nSPS) is 11.2. The number of rotatable bonds is 9.